The number of thioether (sulfide) groups is 1. The maximum absolute atomic E-state index is 12.7. The van der Waals surface area contributed by atoms with Crippen LogP contribution in [0.3, 0.4) is 0 Å². The van der Waals surface area contributed by atoms with Gasteiger partial charge < -0.3 is 9.64 Å². The first-order valence-corrected chi connectivity index (χ1v) is 9.88. The molecule has 0 atom stereocenters. The molecule has 1 aromatic heterocycles. The van der Waals surface area contributed by atoms with Crippen molar-refractivity contribution in [2.75, 3.05) is 19.4 Å². The second-order valence-corrected chi connectivity index (χ2v) is 7.34. The van der Waals surface area contributed by atoms with E-state index in [0.717, 1.165) is 29.6 Å². The second-order valence-electron chi connectivity index (χ2n) is 6.40. The number of hydrogen-bond donors (Lipinski definition) is 0. The molecule has 2 heterocycles. The van der Waals surface area contributed by atoms with E-state index in [1.165, 1.54) is 22.9 Å². The molecule has 1 amide bonds. The molecule has 6 heteroatoms. The average molecular weight is 379 g/mol. The number of carbonyl (C=O) groups excluding carboxylic acids is 1. The first-order valence-electron chi connectivity index (χ1n) is 8.90. The van der Waals surface area contributed by atoms with Crippen LogP contribution in [0.4, 0.5) is 0 Å². The predicted octanol–water partition coefficient (Wildman–Crippen LogP) is 3.56. The SMILES string of the molecule is COc1ccc(-n2ccnc2SCC(=O)N2CCc3ccccc3C2)cc1. The van der Waals surface area contributed by atoms with Gasteiger partial charge in [0.2, 0.25) is 5.91 Å². The normalized spacial score (nSPS) is 13.3. The van der Waals surface area contributed by atoms with E-state index >= 15 is 0 Å². The summed E-state index contributed by atoms with van der Waals surface area (Å²) in [5.41, 5.74) is 3.60. The van der Waals surface area contributed by atoms with E-state index in [2.05, 4.69) is 23.2 Å². The number of ether oxygens (including phenoxy) is 1. The predicted molar refractivity (Wildman–Crippen MR) is 106 cm³/mol. The number of hydrogen-bond acceptors (Lipinski definition) is 4. The number of amides is 1. The molecule has 0 radical (unpaired) electrons. The summed E-state index contributed by atoms with van der Waals surface area (Å²) in [5, 5.41) is 0.811. The van der Waals surface area contributed by atoms with E-state index in [1.807, 2.05) is 46.0 Å². The highest BCUT2D eigenvalue weighted by Crippen LogP contribution is 2.24. The third-order valence-electron chi connectivity index (χ3n) is 4.77. The molecule has 4 rings (SSSR count). The van der Waals surface area contributed by atoms with Gasteiger partial charge in [-0.3, -0.25) is 9.36 Å². The van der Waals surface area contributed by atoms with Crippen LogP contribution in [0.1, 0.15) is 11.1 Å². The first kappa shape index (κ1) is 17.7. The smallest absolute Gasteiger partial charge is 0.233 e. The molecule has 27 heavy (non-hydrogen) atoms. The zero-order valence-electron chi connectivity index (χ0n) is 15.2. The lowest BCUT2D eigenvalue weighted by molar-refractivity contribution is -0.129. The fourth-order valence-corrected chi connectivity index (χ4v) is 4.14. The van der Waals surface area contributed by atoms with Crippen molar-refractivity contribution in [1.29, 1.82) is 0 Å². The van der Waals surface area contributed by atoms with Gasteiger partial charge in [0.25, 0.3) is 0 Å². The Kier molecular flexibility index (Phi) is 5.16. The minimum absolute atomic E-state index is 0.152. The molecule has 0 saturated heterocycles. The Morgan fingerprint density at radius 3 is 2.70 bits per heavy atom. The zero-order valence-corrected chi connectivity index (χ0v) is 16.0. The van der Waals surface area contributed by atoms with Gasteiger partial charge in [0, 0.05) is 31.2 Å². The van der Waals surface area contributed by atoms with Crippen LogP contribution < -0.4 is 4.74 Å². The van der Waals surface area contributed by atoms with Crippen LogP contribution in [0.25, 0.3) is 5.69 Å². The van der Waals surface area contributed by atoms with Gasteiger partial charge in [-0.25, -0.2) is 4.98 Å². The summed E-state index contributed by atoms with van der Waals surface area (Å²) in [4.78, 5) is 19.0. The molecule has 1 aliphatic rings. The third kappa shape index (κ3) is 3.85. The van der Waals surface area contributed by atoms with E-state index in [9.17, 15) is 4.79 Å². The van der Waals surface area contributed by atoms with E-state index in [4.69, 9.17) is 4.74 Å². The Morgan fingerprint density at radius 2 is 1.93 bits per heavy atom. The lowest BCUT2D eigenvalue weighted by Gasteiger charge is -2.28. The Bertz CT molecular complexity index is 937. The van der Waals surface area contributed by atoms with Crippen molar-refractivity contribution in [2.24, 2.45) is 0 Å². The lowest BCUT2D eigenvalue weighted by atomic mass is 10.00. The summed E-state index contributed by atoms with van der Waals surface area (Å²) in [5.74, 6) is 1.35. The van der Waals surface area contributed by atoms with Gasteiger partial charge >= 0.3 is 0 Å². The summed E-state index contributed by atoms with van der Waals surface area (Å²) in [6.45, 7) is 1.48. The Balaban J connectivity index is 1.41. The number of methoxy groups -OCH3 is 1. The largest absolute Gasteiger partial charge is 0.497 e. The molecule has 2 aromatic carbocycles. The molecule has 0 unspecified atom stereocenters. The number of carbonyl (C=O) groups is 1. The van der Waals surface area contributed by atoms with Crippen molar-refractivity contribution in [2.45, 2.75) is 18.1 Å². The van der Waals surface area contributed by atoms with Crippen molar-refractivity contribution >= 4 is 17.7 Å². The molecule has 3 aromatic rings. The lowest BCUT2D eigenvalue weighted by Crippen LogP contribution is -2.37. The first-order chi connectivity index (χ1) is 13.2. The highest BCUT2D eigenvalue weighted by molar-refractivity contribution is 7.99. The van der Waals surface area contributed by atoms with Gasteiger partial charge in [-0.05, 0) is 41.8 Å². The number of nitrogens with zero attached hydrogens (tertiary/aromatic N) is 3. The number of benzene rings is 2. The molecule has 0 saturated carbocycles. The van der Waals surface area contributed by atoms with E-state index in [1.54, 1.807) is 13.3 Å². The molecule has 0 spiro atoms. The highest BCUT2D eigenvalue weighted by atomic mass is 32.2. The summed E-state index contributed by atoms with van der Waals surface area (Å²) in [7, 11) is 1.65. The summed E-state index contributed by atoms with van der Waals surface area (Å²) < 4.78 is 7.20. The molecule has 5 nitrogen and oxygen atoms in total. The zero-order chi connectivity index (χ0) is 18.6. The van der Waals surface area contributed by atoms with Crippen LogP contribution in [-0.4, -0.2) is 39.8 Å². The van der Waals surface area contributed by atoms with Gasteiger partial charge in [0.05, 0.1) is 12.9 Å². The average Bonchev–Trinajstić information content (AvgIpc) is 3.20. The Labute approximate surface area is 163 Å². The quantitative estimate of drug-likeness (QED) is 0.636. The molecular formula is C21H21N3O2S. The second kappa shape index (κ2) is 7.88. The van der Waals surface area contributed by atoms with Crippen molar-refractivity contribution in [3.63, 3.8) is 0 Å². The molecule has 1 aliphatic heterocycles. The summed E-state index contributed by atoms with van der Waals surface area (Å²) in [6, 6.07) is 16.1. The standard InChI is InChI=1S/C21H21N3O2S/c1-26-19-8-6-18(7-9-19)24-13-11-22-21(24)27-15-20(25)23-12-10-16-4-2-3-5-17(16)14-23/h2-9,11,13H,10,12,14-15H2,1H3. The number of rotatable bonds is 5. The monoisotopic (exact) mass is 379 g/mol. The number of fused-ring (bicyclic) bond motifs is 1. The van der Waals surface area contributed by atoms with Crippen LogP contribution in [-0.2, 0) is 17.8 Å². The molecule has 0 aliphatic carbocycles. The van der Waals surface area contributed by atoms with Crippen molar-refractivity contribution in [3.05, 3.63) is 72.1 Å². The maximum atomic E-state index is 12.7. The third-order valence-corrected chi connectivity index (χ3v) is 5.72. The Hall–Kier alpha value is -2.73. The topological polar surface area (TPSA) is 47.4 Å². The van der Waals surface area contributed by atoms with Gasteiger partial charge in [-0.15, -0.1) is 0 Å². The van der Waals surface area contributed by atoms with Crippen LogP contribution in [0.2, 0.25) is 0 Å². The van der Waals surface area contributed by atoms with Gasteiger partial charge in [-0.1, -0.05) is 36.0 Å². The highest BCUT2D eigenvalue weighted by Gasteiger charge is 2.21. The summed E-state index contributed by atoms with van der Waals surface area (Å²) in [6.07, 6.45) is 4.59. The van der Waals surface area contributed by atoms with Crippen LogP contribution in [0.15, 0.2) is 66.1 Å². The fraction of sp³-hybridized carbons (Fsp3) is 0.238. The molecule has 138 valence electrons. The van der Waals surface area contributed by atoms with Crippen molar-refractivity contribution in [3.8, 4) is 11.4 Å². The molecular weight excluding hydrogens is 358 g/mol. The molecule has 0 N–H and O–H groups in total. The van der Waals surface area contributed by atoms with E-state index in [-0.39, 0.29) is 5.91 Å². The van der Waals surface area contributed by atoms with Crippen molar-refractivity contribution in [1.82, 2.24) is 14.5 Å². The number of aromatic nitrogens is 2. The van der Waals surface area contributed by atoms with Gasteiger partial charge in [0.15, 0.2) is 5.16 Å². The van der Waals surface area contributed by atoms with E-state index in [0.29, 0.717) is 12.3 Å². The fourth-order valence-electron chi connectivity index (χ4n) is 3.26. The van der Waals surface area contributed by atoms with Gasteiger partial charge in [-0.2, -0.15) is 0 Å². The van der Waals surface area contributed by atoms with E-state index < -0.39 is 0 Å². The van der Waals surface area contributed by atoms with Gasteiger partial charge in [0.1, 0.15) is 5.75 Å². The minimum Gasteiger partial charge on any atom is -0.497 e. The maximum Gasteiger partial charge on any atom is 0.233 e. The molecule has 0 fully saturated rings. The molecule has 0 bridgehead atoms. The summed E-state index contributed by atoms with van der Waals surface area (Å²) >= 11 is 1.47. The van der Waals surface area contributed by atoms with Crippen molar-refractivity contribution < 1.29 is 9.53 Å². The van der Waals surface area contributed by atoms with Crippen LogP contribution >= 0.6 is 11.8 Å². The minimum atomic E-state index is 0.152. The number of imidazole rings is 1. The van der Waals surface area contributed by atoms with Crippen LogP contribution in [0.5, 0.6) is 5.75 Å². The Morgan fingerprint density at radius 1 is 1.15 bits per heavy atom. The van der Waals surface area contributed by atoms with Crippen LogP contribution in [0, 0.1) is 0 Å².